The molecule has 0 spiro atoms. The monoisotopic (exact) mass is 289 g/mol. The van der Waals surface area contributed by atoms with Gasteiger partial charge in [-0.2, -0.15) is 0 Å². The molecular weight excluding hydrogens is 273 g/mol. The van der Waals surface area contributed by atoms with Crippen molar-refractivity contribution < 1.29 is 9.53 Å². The summed E-state index contributed by atoms with van der Waals surface area (Å²) in [4.78, 5) is 11.6. The third-order valence-electron chi connectivity index (χ3n) is 2.66. The molecular formula is C13H17Cl2NO2. The third-order valence-corrected chi connectivity index (χ3v) is 3.25. The molecule has 1 unspecified atom stereocenters. The van der Waals surface area contributed by atoms with Crippen LogP contribution in [-0.4, -0.2) is 18.6 Å². The first-order chi connectivity index (χ1) is 8.41. The second-order valence-corrected chi connectivity index (χ2v) is 5.25. The number of hydrogen-bond acceptors (Lipinski definition) is 2. The molecule has 5 heteroatoms. The molecule has 1 N–H and O–H groups in total. The van der Waals surface area contributed by atoms with E-state index in [2.05, 4.69) is 5.32 Å². The minimum Gasteiger partial charge on any atom is -0.481 e. The van der Waals surface area contributed by atoms with E-state index in [0.717, 1.165) is 0 Å². The highest BCUT2D eigenvalue weighted by atomic mass is 35.5. The van der Waals surface area contributed by atoms with Gasteiger partial charge in [0.05, 0.1) is 10.0 Å². The average Bonchev–Trinajstić information content (AvgIpc) is 2.28. The maximum absolute atomic E-state index is 11.6. The molecule has 0 heterocycles. The molecule has 0 aliphatic rings. The Kier molecular flexibility index (Phi) is 5.76. The van der Waals surface area contributed by atoms with Crippen molar-refractivity contribution in [1.29, 1.82) is 0 Å². The lowest BCUT2D eigenvalue weighted by molar-refractivity contribution is -0.123. The fraction of sp³-hybridized carbons (Fsp3) is 0.462. The van der Waals surface area contributed by atoms with Crippen LogP contribution in [0.4, 0.5) is 0 Å². The molecule has 3 nitrogen and oxygen atoms in total. The largest absolute Gasteiger partial charge is 0.481 e. The van der Waals surface area contributed by atoms with Crippen molar-refractivity contribution in [3.8, 4) is 5.75 Å². The highest BCUT2D eigenvalue weighted by Gasteiger charge is 2.13. The molecule has 1 amide bonds. The van der Waals surface area contributed by atoms with Gasteiger partial charge in [0, 0.05) is 6.04 Å². The van der Waals surface area contributed by atoms with E-state index in [1.165, 1.54) is 0 Å². The van der Waals surface area contributed by atoms with Crippen LogP contribution in [0, 0.1) is 5.92 Å². The van der Waals surface area contributed by atoms with Gasteiger partial charge in [-0.1, -0.05) is 43.1 Å². The third kappa shape index (κ3) is 4.39. The molecule has 0 saturated carbocycles. The summed E-state index contributed by atoms with van der Waals surface area (Å²) in [5.41, 5.74) is 0. The van der Waals surface area contributed by atoms with Crippen LogP contribution in [0.5, 0.6) is 5.75 Å². The second-order valence-electron chi connectivity index (χ2n) is 4.44. The molecule has 1 rings (SSSR count). The van der Waals surface area contributed by atoms with Gasteiger partial charge in [-0.15, -0.1) is 0 Å². The Hall–Kier alpha value is -0.930. The Bertz CT molecular complexity index is 401. The molecule has 1 aromatic rings. The first-order valence-electron chi connectivity index (χ1n) is 5.78. The lowest BCUT2D eigenvalue weighted by Crippen LogP contribution is -2.39. The molecule has 0 aliphatic carbocycles. The minimum absolute atomic E-state index is 0.0967. The van der Waals surface area contributed by atoms with Crippen LogP contribution >= 0.6 is 23.2 Å². The number of hydrogen-bond donors (Lipinski definition) is 1. The Balaban J connectivity index is 2.53. The van der Waals surface area contributed by atoms with Crippen molar-refractivity contribution in [1.82, 2.24) is 5.32 Å². The first-order valence-corrected chi connectivity index (χ1v) is 6.53. The molecule has 0 saturated heterocycles. The number of para-hydroxylation sites is 1. The Morgan fingerprint density at radius 1 is 1.28 bits per heavy atom. The van der Waals surface area contributed by atoms with Crippen molar-refractivity contribution in [3.63, 3.8) is 0 Å². The predicted molar refractivity (Wildman–Crippen MR) is 74.4 cm³/mol. The average molecular weight is 290 g/mol. The zero-order valence-electron chi connectivity index (χ0n) is 10.7. The number of carbonyl (C=O) groups is 1. The predicted octanol–water partition coefficient (Wildman–Crippen LogP) is 3.53. The van der Waals surface area contributed by atoms with Gasteiger partial charge in [-0.3, -0.25) is 4.79 Å². The normalized spacial score (nSPS) is 12.3. The van der Waals surface area contributed by atoms with E-state index < -0.39 is 0 Å². The SMILES string of the molecule is CC(C)C(C)NC(=O)COc1c(Cl)cccc1Cl. The van der Waals surface area contributed by atoms with Crippen LogP contribution < -0.4 is 10.1 Å². The second kappa shape index (κ2) is 6.86. The summed E-state index contributed by atoms with van der Waals surface area (Å²) in [6, 6.07) is 5.15. The standard InChI is InChI=1S/C13H17Cl2NO2/c1-8(2)9(3)16-12(17)7-18-13-10(14)5-4-6-11(13)15/h4-6,8-9H,7H2,1-3H3,(H,16,17). The zero-order valence-corrected chi connectivity index (χ0v) is 12.2. The van der Waals surface area contributed by atoms with Gasteiger partial charge in [0.2, 0.25) is 0 Å². The molecule has 1 atom stereocenters. The van der Waals surface area contributed by atoms with Crippen LogP contribution in [0.3, 0.4) is 0 Å². The van der Waals surface area contributed by atoms with Crippen molar-refractivity contribution in [2.24, 2.45) is 5.92 Å². The lowest BCUT2D eigenvalue weighted by atomic mass is 10.1. The Morgan fingerprint density at radius 2 is 1.83 bits per heavy atom. The molecule has 100 valence electrons. The van der Waals surface area contributed by atoms with Crippen molar-refractivity contribution in [2.75, 3.05) is 6.61 Å². The topological polar surface area (TPSA) is 38.3 Å². The van der Waals surface area contributed by atoms with Gasteiger partial charge >= 0.3 is 0 Å². The summed E-state index contributed by atoms with van der Waals surface area (Å²) >= 11 is 11.9. The summed E-state index contributed by atoms with van der Waals surface area (Å²) in [5, 5.41) is 3.63. The number of benzene rings is 1. The van der Waals surface area contributed by atoms with Gasteiger partial charge in [0.15, 0.2) is 12.4 Å². The van der Waals surface area contributed by atoms with Crippen LogP contribution in [0.15, 0.2) is 18.2 Å². The number of amides is 1. The first kappa shape index (κ1) is 15.1. The van der Waals surface area contributed by atoms with E-state index >= 15 is 0 Å². The number of ether oxygens (including phenoxy) is 1. The highest BCUT2D eigenvalue weighted by molar-refractivity contribution is 6.37. The number of nitrogens with one attached hydrogen (secondary N) is 1. The van der Waals surface area contributed by atoms with Gasteiger partial charge < -0.3 is 10.1 Å². The van der Waals surface area contributed by atoms with Crippen LogP contribution in [0.2, 0.25) is 10.0 Å². The van der Waals surface area contributed by atoms with Crippen LogP contribution in [0.1, 0.15) is 20.8 Å². The Labute approximate surface area is 117 Å². The summed E-state index contributed by atoms with van der Waals surface area (Å²) in [6.07, 6.45) is 0. The summed E-state index contributed by atoms with van der Waals surface area (Å²) < 4.78 is 5.33. The van der Waals surface area contributed by atoms with E-state index in [9.17, 15) is 4.79 Å². The van der Waals surface area contributed by atoms with Crippen LogP contribution in [-0.2, 0) is 4.79 Å². The Morgan fingerprint density at radius 3 is 2.33 bits per heavy atom. The fourth-order valence-electron chi connectivity index (χ4n) is 1.22. The molecule has 18 heavy (non-hydrogen) atoms. The number of halogens is 2. The van der Waals surface area contributed by atoms with Gasteiger partial charge in [0.25, 0.3) is 5.91 Å². The quantitative estimate of drug-likeness (QED) is 0.900. The van der Waals surface area contributed by atoms with Crippen molar-refractivity contribution in [3.05, 3.63) is 28.2 Å². The molecule has 0 bridgehead atoms. The fourth-order valence-corrected chi connectivity index (χ4v) is 1.73. The molecule has 0 aromatic heterocycles. The highest BCUT2D eigenvalue weighted by Crippen LogP contribution is 2.32. The maximum atomic E-state index is 11.6. The van der Waals surface area contributed by atoms with Gasteiger partial charge in [-0.05, 0) is 25.0 Å². The maximum Gasteiger partial charge on any atom is 0.258 e. The van der Waals surface area contributed by atoms with E-state index in [-0.39, 0.29) is 18.6 Å². The van der Waals surface area contributed by atoms with E-state index in [4.69, 9.17) is 27.9 Å². The zero-order chi connectivity index (χ0) is 13.7. The van der Waals surface area contributed by atoms with E-state index in [0.29, 0.717) is 21.7 Å². The molecule has 0 radical (unpaired) electrons. The molecule has 1 aromatic carbocycles. The smallest absolute Gasteiger partial charge is 0.258 e. The lowest BCUT2D eigenvalue weighted by Gasteiger charge is -2.17. The van der Waals surface area contributed by atoms with Crippen LogP contribution in [0.25, 0.3) is 0 Å². The van der Waals surface area contributed by atoms with Gasteiger partial charge in [0.1, 0.15) is 0 Å². The number of rotatable bonds is 5. The summed E-state index contributed by atoms with van der Waals surface area (Å²) in [5.74, 6) is 0.526. The molecule has 0 aliphatic heterocycles. The summed E-state index contributed by atoms with van der Waals surface area (Å²) in [6.45, 7) is 5.93. The number of carbonyl (C=O) groups excluding carboxylic acids is 1. The van der Waals surface area contributed by atoms with E-state index in [1.54, 1.807) is 18.2 Å². The molecule has 0 fully saturated rings. The van der Waals surface area contributed by atoms with Gasteiger partial charge in [-0.25, -0.2) is 0 Å². The summed E-state index contributed by atoms with van der Waals surface area (Å²) in [7, 11) is 0. The minimum atomic E-state index is -0.188. The van der Waals surface area contributed by atoms with E-state index in [1.807, 2.05) is 20.8 Å². The van der Waals surface area contributed by atoms with Crippen molar-refractivity contribution >= 4 is 29.1 Å². The van der Waals surface area contributed by atoms with Crippen molar-refractivity contribution in [2.45, 2.75) is 26.8 Å².